The van der Waals surface area contributed by atoms with Gasteiger partial charge in [-0.05, 0) is 30.3 Å². The zero-order valence-corrected chi connectivity index (χ0v) is 8.93. The zero-order valence-electron chi connectivity index (χ0n) is 8.12. The number of nitrogens with one attached hydrogen (secondary N) is 2. The number of carbonyl (C=O) groups excluding carboxylic acids is 1. The quantitative estimate of drug-likeness (QED) is 0.780. The normalized spacial score (nSPS) is 26.4. The van der Waals surface area contributed by atoms with Crippen LogP contribution in [0.15, 0.2) is 16.8 Å². The van der Waals surface area contributed by atoms with Gasteiger partial charge in [0.15, 0.2) is 0 Å². The Morgan fingerprint density at radius 2 is 2.57 bits per heavy atom. The first-order valence-electron chi connectivity index (χ1n) is 4.84. The van der Waals surface area contributed by atoms with E-state index in [1.807, 2.05) is 16.8 Å². The van der Waals surface area contributed by atoms with Crippen molar-refractivity contribution >= 4 is 22.9 Å². The van der Waals surface area contributed by atoms with E-state index in [1.54, 1.807) is 11.3 Å². The van der Waals surface area contributed by atoms with Gasteiger partial charge in [0.05, 0.1) is 11.7 Å². The van der Waals surface area contributed by atoms with Crippen molar-refractivity contribution in [3.63, 3.8) is 0 Å². The van der Waals surface area contributed by atoms with Gasteiger partial charge >= 0.3 is 0 Å². The van der Waals surface area contributed by atoms with Crippen LogP contribution in [0.5, 0.6) is 0 Å². The standard InChI is InChI=1S/C10H14N2OS/c1-7-2-4-11-9(7)10(13)12-8-3-5-14-6-8/h3,5-7,9,11H,2,4H2,1H3,(H,12,13). The fourth-order valence-electron chi connectivity index (χ4n) is 1.74. The third kappa shape index (κ3) is 1.96. The van der Waals surface area contributed by atoms with Crippen molar-refractivity contribution in [2.75, 3.05) is 11.9 Å². The van der Waals surface area contributed by atoms with Gasteiger partial charge in [-0.15, -0.1) is 0 Å². The van der Waals surface area contributed by atoms with Gasteiger partial charge < -0.3 is 10.6 Å². The van der Waals surface area contributed by atoms with Crippen LogP contribution in [0.1, 0.15) is 13.3 Å². The minimum Gasteiger partial charge on any atom is -0.324 e. The molecular formula is C10H14N2OS. The van der Waals surface area contributed by atoms with E-state index in [-0.39, 0.29) is 11.9 Å². The topological polar surface area (TPSA) is 41.1 Å². The average molecular weight is 210 g/mol. The Bertz CT molecular complexity index is 310. The fourth-order valence-corrected chi connectivity index (χ4v) is 2.33. The van der Waals surface area contributed by atoms with Crippen molar-refractivity contribution in [3.8, 4) is 0 Å². The highest BCUT2D eigenvalue weighted by Gasteiger charge is 2.29. The fraction of sp³-hybridized carbons (Fsp3) is 0.500. The number of thiophene rings is 1. The molecule has 4 heteroatoms. The molecule has 2 atom stereocenters. The Kier molecular flexibility index (Phi) is 2.84. The molecule has 0 radical (unpaired) electrons. The molecule has 14 heavy (non-hydrogen) atoms. The van der Waals surface area contributed by atoms with E-state index in [4.69, 9.17) is 0 Å². The molecule has 2 N–H and O–H groups in total. The summed E-state index contributed by atoms with van der Waals surface area (Å²) in [5.74, 6) is 0.530. The van der Waals surface area contributed by atoms with Gasteiger partial charge in [-0.3, -0.25) is 4.79 Å². The van der Waals surface area contributed by atoms with Crippen LogP contribution in [0.4, 0.5) is 5.69 Å². The van der Waals surface area contributed by atoms with E-state index in [2.05, 4.69) is 17.6 Å². The number of amides is 1. The van der Waals surface area contributed by atoms with Gasteiger partial charge in [-0.1, -0.05) is 6.92 Å². The van der Waals surface area contributed by atoms with Crippen LogP contribution in [-0.2, 0) is 4.79 Å². The predicted octanol–water partition coefficient (Wildman–Crippen LogP) is 1.68. The number of hydrogen-bond donors (Lipinski definition) is 2. The molecule has 1 aromatic rings. The molecule has 0 spiro atoms. The van der Waals surface area contributed by atoms with Crippen LogP contribution >= 0.6 is 11.3 Å². The molecule has 76 valence electrons. The van der Waals surface area contributed by atoms with E-state index in [0.717, 1.165) is 18.7 Å². The highest BCUT2D eigenvalue weighted by Crippen LogP contribution is 2.17. The summed E-state index contributed by atoms with van der Waals surface area (Å²) >= 11 is 1.59. The van der Waals surface area contributed by atoms with E-state index >= 15 is 0 Å². The van der Waals surface area contributed by atoms with Crippen molar-refractivity contribution in [3.05, 3.63) is 16.8 Å². The zero-order chi connectivity index (χ0) is 9.97. The molecular weight excluding hydrogens is 196 g/mol. The maximum Gasteiger partial charge on any atom is 0.241 e. The van der Waals surface area contributed by atoms with Crippen LogP contribution in [0.2, 0.25) is 0 Å². The Hall–Kier alpha value is -0.870. The molecule has 0 bridgehead atoms. The van der Waals surface area contributed by atoms with Gasteiger partial charge in [0.1, 0.15) is 0 Å². The summed E-state index contributed by atoms with van der Waals surface area (Å²) in [4.78, 5) is 11.8. The van der Waals surface area contributed by atoms with E-state index in [9.17, 15) is 4.79 Å². The second-order valence-corrected chi connectivity index (χ2v) is 4.48. The number of rotatable bonds is 2. The maximum atomic E-state index is 11.8. The molecule has 1 amide bonds. The molecule has 1 saturated heterocycles. The van der Waals surface area contributed by atoms with Gasteiger partial charge in [0, 0.05) is 5.38 Å². The van der Waals surface area contributed by atoms with E-state index < -0.39 is 0 Å². The van der Waals surface area contributed by atoms with Crippen molar-refractivity contribution in [1.29, 1.82) is 0 Å². The smallest absolute Gasteiger partial charge is 0.241 e. The number of carbonyl (C=O) groups is 1. The summed E-state index contributed by atoms with van der Waals surface area (Å²) in [5.41, 5.74) is 0.904. The maximum absolute atomic E-state index is 11.8. The Morgan fingerprint density at radius 3 is 3.14 bits per heavy atom. The molecule has 1 aliphatic rings. The molecule has 2 heterocycles. The van der Waals surface area contributed by atoms with Gasteiger partial charge in [-0.25, -0.2) is 0 Å². The van der Waals surface area contributed by atoms with Crippen molar-refractivity contribution < 1.29 is 4.79 Å². The lowest BCUT2D eigenvalue weighted by atomic mass is 10.0. The van der Waals surface area contributed by atoms with Gasteiger partial charge in [0.25, 0.3) is 0 Å². The molecule has 2 rings (SSSR count). The predicted molar refractivity (Wildman–Crippen MR) is 58.5 cm³/mol. The lowest BCUT2D eigenvalue weighted by molar-refractivity contribution is -0.118. The van der Waals surface area contributed by atoms with Crippen LogP contribution in [0.25, 0.3) is 0 Å². The number of hydrogen-bond acceptors (Lipinski definition) is 3. The van der Waals surface area contributed by atoms with Gasteiger partial charge in [0.2, 0.25) is 5.91 Å². The summed E-state index contributed by atoms with van der Waals surface area (Å²) in [6.45, 7) is 3.06. The van der Waals surface area contributed by atoms with Gasteiger partial charge in [-0.2, -0.15) is 11.3 Å². The largest absolute Gasteiger partial charge is 0.324 e. The lowest BCUT2D eigenvalue weighted by Gasteiger charge is -2.14. The summed E-state index contributed by atoms with van der Waals surface area (Å²) < 4.78 is 0. The van der Waals surface area contributed by atoms with Crippen LogP contribution in [0.3, 0.4) is 0 Å². The third-order valence-electron chi connectivity index (χ3n) is 2.60. The Morgan fingerprint density at radius 1 is 1.71 bits per heavy atom. The molecule has 0 aromatic carbocycles. The molecule has 1 fully saturated rings. The Balaban J connectivity index is 1.95. The van der Waals surface area contributed by atoms with Crippen molar-refractivity contribution in [2.24, 2.45) is 5.92 Å². The summed E-state index contributed by atoms with van der Waals surface area (Å²) in [6.07, 6.45) is 1.09. The summed E-state index contributed by atoms with van der Waals surface area (Å²) in [7, 11) is 0. The molecule has 3 nitrogen and oxygen atoms in total. The van der Waals surface area contributed by atoms with Crippen LogP contribution < -0.4 is 10.6 Å². The minimum atomic E-state index is -0.0186. The molecule has 0 aliphatic carbocycles. The third-order valence-corrected chi connectivity index (χ3v) is 3.29. The van der Waals surface area contributed by atoms with Crippen LogP contribution in [-0.4, -0.2) is 18.5 Å². The first-order chi connectivity index (χ1) is 6.77. The second kappa shape index (κ2) is 4.11. The first-order valence-corrected chi connectivity index (χ1v) is 5.78. The first kappa shape index (κ1) is 9.68. The monoisotopic (exact) mass is 210 g/mol. The average Bonchev–Trinajstić information content (AvgIpc) is 2.75. The van der Waals surface area contributed by atoms with E-state index in [0.29, 0.717) is 5.92 Å². The molecule has 2 unspecified atom stereocenters. The van der Waals surface area contributed by atoms with E-state index in [1.165, 1.54) is 0 Å². The summed E-state index contributed by atoms with van der Waals surface area (Å²) in [6, 6.07) is 1.90. The van der Waals surface area contributed by atoms with Crippen molar-refractivity contribution in [2.45, 2.75) is 19.4 Å². The Labute approximate surface area is 87.5 Å². The highest BCUT2D eigenvalue weighted by molar-refractivity contribution is 7.08. The lowest BCUT2D eigenvalue weighted by Crippen LogP contribution is -2.38. The van der Waals surface area contributed by atoms with Crippen molar-refractivity contribution in [1.82, 2.24) is 5.32 Å². The second-order valence-electron chi connectivity index (χ2n) is 3.70. The molecule has 0 saturated carbocycles. The summed E-state index contributed by atoms with van der Waals surface area (Å²) in [5, 5.41) is 10.0. The SMILES string of the molecule is CC1CCNC1C(=O)Nc1ccsc1. The molecule has 1 aromatic heterocycles. The van der Waals surface area contributed by atoms with Crippen LogP contribution in [0, 0.1) is 5.92 Å². The highest BCUT2D eigenvalue weighted by atomic mass is 32.1. The molecule has 1 aliphatic heterocycles. The number of anilines is 1. The minimum absolute atomic E-state index is 0.0186.